The van der Waals surface area contributed by atoms with E-state index in [2.05, 4.69) is 10.2 Å². The van der Waals surface area contributed by atoms with Crippen LogP contribution in [0.25, 0.3) is 15.6 Å². The lowest BCUT2D eigenvalue weighted by Crippen LogP contribution is -2.15. The monoisotopic (exact) mass is 344 g/mol. The van der Waals surface area contributed by atoms with Crippen molar-refractivity contribution in [3.63, 3.8) is 0 Å². The average Bonchev–Trinajstić information content (AvgIpc) is 2.66. The number of hydrogen-bond acceptors (Lipinski definition) is 2. The van der Waals surface area contributed by atoms with E-state index in [0.717, 1.165) is 16.3 Å². The predicted molar refractivity (Wildman–Crippen MR) is 101 cm³/mol. The van der Waals surface area contributed by atoms with E-state index in [1.54, 1.807) is 24.3 Å². The van der Waals surface area contributed by atoms with Crippen molar-refractivity contribution in [3.05, 3.63) is 83.2 Å². The van der Waals surface area contributed by atoms with Crippen molar-refractivity contribution in [2.75, 3.05) is 5.32 Å². The lowest BCUT2D eigenvalue weighted by Gasteiger charge is -2.09. The lowest BCUT2D eigenvalue weighted by atomic mass is 10.0. The molecule has 0 atom stereocenters. The number of carbonyl (C=O) groups is 2. The highest BCUT2D eigenvalue weighted by atomic mass is 16.4. The Morgan fingerprint density at radius 2 is 1.73 bits per heavy atom. The number of nitrogens with zero attached hydrogens (tertiary/aromatic N) is 1. The van der Waals surface area contributed by atoms with Crippen LogP contribution in [-0.4, -0.2) is 17.0 Å². The number of carboxylic acids is 1. The molecule has 3 aromatic carbocycles. The van der Waals surface area contributed by atoms with E-state index in [-0.39, 0.29) is 17.9 Å². The molecule has 0 aliphatic heterocycles. The number of amides is 1. The van der Waals surface area contributed by atoms with Crippen molar-refractivity contribution in [3.8, 4) is 0 Å². The summed E-state index contributed by atoms with van der Waals surface area (Å²) in [5.74, 6) is -1.31. The third-order valence-corrected chi connectivity index (χ3v) is 4.09. The van der Waals surface area contributed by atoms with E-state index in [4.69, 9.17) is 11.7 Å². The van der Waals surface area contributed by atoms with Crippen LogP contribution in [0.3, 0.4) is 0 Å². The van der Waals surface area contributed by atoms with E-state index in [9.17, 15) is 9.59 Å². The topological polar surface area (TPSA) is 70.8 Å². The second-order valence-electron chi connectivity index (χ2n) is 5.88. The van der Waals surface area contributed by atoms with E-state index in [0.29, 0.717) is 17.8 Å². The van der Waals surface area contributed by atoms with Crippen LogP contribution < -0.4 is 5.32 Å². The summed E-state index contributed by atoms with van der Waals surface area (Å²) < 4.78 is 0. The fraction of sp³-hybridized carbons (Fsp3) is 0.0952. The number of fused-ring (bicyclic) bond motifs is 1. The smallest absolute Gasteiger partial charge is 0.337 e. The maximum absolute atomic E-state index is 12.2. The lowest BCUT2D eigenvalue weighted by molar-refractivity contribution is -0.116. The number of carboxylic acid groups (broad SMARTS) is 1. The standard InChI is InChI=1S/C21H16N2O3/c1-22-17-10-9-15-12-14(6-8-16(15)13-17)7-11-20(24)23-19-5-3-2-4-18(19)21(25)26/h2-6,8-10,12-13H,7,11H2,(H,23,24)(H,25,26). The van der Waals surface area contributed by atoms with Gasteiger partial charge < -0.3 is 10.4 Å². The highest BCUT2D eigenvalue weighted by molar-refractivity contribution is 6.00. The summed E-state index contributed by atoms with van der Waals surface area (Å²) in [7, 11) is 0. The Morgan fingerprint density at radius 1 is 1.00 bits per heavy atom. The molecule has 26 heavy (non-hydrogen) atoms. The number of carbonyl (C=O) groups excluding carboxylic acids is 1. The zero-order valence-corrected chi connectivity index (χ0v) is 13.9. The highest BCUT2D eigenvalue weighted by Crippen LogP contribution is 2.23. The SMILES string of the molecule is [C-]#[N+]c1ccc2cc(CCC(=O)Nc3ccccc3C(=O)O)ccc2c1. The van der Waals surface area contributed by atoms with Crippen molar-refractivity contribution in [2.24, 2.45) is 0 Å². The molecule has 0 saturated heterocycles. The van der Waals surface area contributed by atoms with Crippen molar-refractivity contribution in [1.82, 2.24) is 0 Å². The zero-order valence-electron chi connectivity index (χ0n) is 13.9. The summed E-state index contributed by atoms with van der Waals surface area (Å²) in [6.45, 7) is 7.05. The van der Waals surface area contributed by atoms with Crippen LogP contribution in [0.2, 0.25) is 0 Å². The zero-order chi connectivity index (χ0) is 18.5. The minimum Gasteiger partial charge on any atom is -0.478 e. The molecule has 128 valence electrons. The molecule has 0 aliphatic rings. The third-order valence-electron chi connectivity index (χ3n) is 4.09. The van der Waals surface area contributed by atoms with Crippen LogP contribution in [0, 0.1) is 6.57 Å². The van der Waals surface area contributed by atoms with Gasteiger partial charge in [-0.15, -0.1) is 0 Å². The van der Waals surface area contributed by atoms with Crippen molar-refractivity contribution >= 4 is 34.0 Å². The first-order valence-corrected chi connectivity index (χ1v) is 8.09. The highest BCUT2D eigenvalue weighted by Gasteiger charge is 2.11. The normalized spacial score (nSPS) is 10.3. The molecule has 0 bridgehead atoms. The number of aryl methyl sites for hydroxylation is 1. The molecule has 0 saturated carbocycles. The van der Waals surface area contributed by atoms with Gasteiger partial charge in [-0.1, -0.05) is 42.5 Å². The van der Waals surface area contributed by atoms with Crippen molar-refractivity contribution < 1.29 is 14.7 Å². The molecule has 5 nitrogen and oxygen atoms in total. The molecule has 0 unspecified atom stereocenters. The number of aromatic carboxylic acids is 1. The number of rotatable bonds is 5. The van der Waals surface area contributed by atoms with Crippen LogP contribution in [-0.2, 0) is 11.2 Å². The van der Waals surface area contributed by atoms with Gasteiger partial charge in [-0.25, -0.2) is 9.64 Å². The van der Waals surface area contributed by atoms with Crippen LogP contribution in [0.1, 0.15) is 22.3 Å². The Morgan fingerprint density at radius 3 is 2.50 bits per heavy atom. The summed E-state index contributed by atoms with van der Waals surface area (Å²) in [6, 6.07) is 17.7. The van der Waals surface area contributed by atoms with Crippen LogP contribution in [0.15, 0.2) is 60.7 Å². The fourth-order valence-electron chi connectivity index (χ4n) is 2.76. The maximum Gasteiger partial charge on any atom is 0.337 e. The molecule has 0 heterocycles. The van der Waals surface area contributed by atoms with Gasteiger partial charge in [0.2, 0.25) is 5.91 Å². The molecule has 0 fully saturated rings. The summed E-state index contributed by atoms with van der Waals surface area (Å²) >= 11 is 0. The van der Waals surface area contributed by atoms with Crippen LogP contribution in [0.5, 0.6) is 0 Å². The molecule has 0 aromatic heterocycles. The molecule has 3 rings (SSSR count). The van der Waals surface area contributed by atoms with E-state index in [1.807, 2.05) is 30.3 Å². The largest absolute Gasteiger partial charge is 0.478 e. The van der Waals surface area contributed by atoms with Gasteiger partial charge in [-0.2, -0.15) is 0 Å². The predicted octanol–water partition coefficient (Wildman–Crippen LogP) is 4.66. The van der Waals surface area contributed by atoms with Crippen LogP contribution >= 0.6 is 0 Å². The Balaban J connectivity index is 1.67. The molecule has 1 amide bonds. The number of hydrogen-bond donors (Lipinski definition) is 2. The molecule has 0 radical (unpaired) electrons. The maximum atomic E-state index is 12.2. The second-order valence-corrected chi connectivity index (χ2v) is 5.88. The van der Waals surface area contributed by atoms with Gasteiger partial charge in [0, 0.05) is 6.42 Å². The summed E-state index contributed by atoms with van der Waals surface area (Å²) in [6.07, 6.45) is 0.793. The van der Waals surface area contributed by atoms with E-state index < -0.39 is 5.97 Å². The Kier molecular flexibility index (Phi) is 4.95. The number of benzene rings is 3. The van der Waals surface area contributed by atoms with Gasteiger partial charge in [0.15, 0.2) is 5.69 Å². The molecule has 5 heteroatoms. The Bertz CT molecular complexity index is 1030. The molecule has 0 aliphatic carbocycles. The number of anilines is 1. The fourth-order valence-corrected chi connectivity index (χ4v) is 2.76. The molecule has 3 aromatic rings. The molecule has 0 spiro atoms. The summed E-state index contributed by atoms with van der Waals surface area (Å²) in [5.41, 5.74) is 1.98. The minimum absolute atomic E-state index is 0.0715. The van der Waals surface area contributed by atoms with Crippen LogP contribution in [0.4, 0.5) is 11.4 Å². The Hall–Kier alpha value is -3.65. The van der Waals surface area contributed by atoms with Gasteiger partial charge in [-0.3, -0.25) is 4.79 Å². The minimum atomic E-state index is -1.07. The van der Waals surface area contributed by atoms with Crippen molar-refractivity contribution in [1.29, 1.82) is 0 Å². The van der Waals surface area contributed by atoms with Gasteiger partial charge in [0.05, 0.1) is 17.8 Å². The van der Waals surface area contributed by atoms with Gasteiger partial charge in [0.25, 0.3) is 0 Å². The van der Waals surface area contributed by atoms with Crippen molar-refractivity contribution in [2.45, 2.75) is 12.8 Å². The van der Waals surface area contributed by atoms with Gasteiger partial charge in [-0.05, 0) is 41.0 Å². The van der Waals surface area contributed by atoms with Gasteiger partial charge in [0.1, 0.15) is 0 Å². The number of para-hydroxylation sites is 1. The molecular formula is C21H16N2O3. The number of nitrogens with one attached hydrogen (secondary N) is 1. The molecular weight excluding hydrogens is 328 g/mol. The van der Waals surface area contributed by atoms with E-state index in [1.165, 1.54) is 6.07 Å². The summed E-state index contributed by atoms with van der Waals surface area (Å²) in [5, 5.41) is 13.8. The average molecular weight is 344 g/mol. The third kappa shape index (κ3) is 3.87. The first kappa shape index (κ1) is 17.2. The summed E-state index contributed by atoms with van der Waals surface area (Å²) in [4.78, 5) is 26.8. The van der Waals surface area contributed by atoms with E-state index >= 15 is 0 Å². The van der Waals surface area contributed by atoms with Gasteiger partial charge >= 0.3 is 5.97 Å². The first-order valence-electron chi connectivity index (χ1n) is 8.09. The Labute approximate surface area is 150 Å². The first-order chi connectivity index (χ1) is 12.6. The quantitative estimate of drug-likeness (QED) is 0.661. The molecule has 2 N–H and O–H groups in total. The second kappa shape index (κ2) is 7.49.